The maximum absolute atomic E-state index is 4.54. The highest BCUT2D eigenvalue weighted by Gasteiger charge is 2.20. The molecule has 1 saturated carbocycles. The lowest BCUT2D eigenvalue weighted by Gasteiger charge is -2.28. The lowest BCUT2D eigenvalue weighted by atomic mass is 9.89. The van der Waals surface area contributed by atoms with Crippen LogP contribution in [0.15, 0.2) is 0 Å². The number of aromatic nitrogens is 2. The molecule has 0 radical (unpaired) electrons. The van der Waals surface area contributed by atoms with Crippen molar-refractivity contribution in [2.24, 2.45) is 13.0 Å². The Morgan fingerprint density at radius 2 is 2.00 bits per heavy atom. The summed E-state index contributed by atoms with van der Waals surface area (Å²) in [4.78, 5) is 2.40. The quantitative estimate of drug-likeness (QED) is 0.791. The molecule has 0 bridgehead atoms. The van der Waals surface area contributed by atoms with Gasteiger partial charge in [0.05, 0.1) is 5.69 Å². The fourth-order valence-corrected chi connectivity index (χ4v) is 3.82. The van der Waals surface area contributed by atoms with Gasteiger partial charge in [-0.15, -0.1) is 0 Å². The molecular formula is C14H24BrN3. The zero-order valence-electron chi connectivity index (χ0n) is 11.7. The highest BCUT2D eigenvalue weighted by atomic mass is 79.9. The predicted octanol–water partition coefficient (Wildman–Crippen LogP) is 3.64. The van der Waals surface area contributed by atoms with Gasteiger partial charge in [0.2, 0.25) is 0 Å². The summed E-state index contributed by atoms with van der Waals surface area (Å²) < 4.78 is 2.02. The SMILES string of the molecule is Cc1nn(C)c(N(C)CC2CCCCC2)c1CBr. The normalized spacial score (nSPS) is 17.1. The molecule has 3 nitrogen and oxygen atoms in total. The Hall–Kier alpha value is -0.510. The molecule has 18 heavy (non-hydrogen) atoms. The Kier molecular flexibility index (Phi) is 4.71. The van der Waals surface area contributed by atoms with Crippen LogP contribution in [0.4, 0.5) is 5.82 Å². The molecule has 1 aliphatic rings. The first kappa shape index (κ1) is 13.9. The van der Waals surface area contributed by atoms with Gasteiger partial charge in [-0.1, -0.05) is 35.2 Å². The van der Waals surface area contributed by atoms with E-state index in [0.717, 1.165) is 16.9 Å². The fourth-order valence-electron chi connectivity index (χ4n) is 3.17. The number of halogens is 1. The van der Waals surface area contributed by atoms with Crippen LogP contribution in [0.1, 0.15) is 43.4 Å². The summed E-state index contributed by atoms with van der Waals surface area (Å²) in [7, 11) is 4.25. The third-order valence-electron chi connectivity index (χ3n) is 4.07. The second-order valence-electron chi connectivity index (χ2n) is 5.53. The van der Waals surface area contributed by atoms with Crippen molar-refractivity contribution in [1.82, 2.24) is 9.78 Å². The summed E-state index contributed by atoms with van der Waals surface area (Å²) >= 11 is 3.59. The molecule has 1 fully saturated rings. The Morgan fingerprint density at radius 3 is 2.61 bits per heavy atom. The lowest BCUT2D eigenvalue weighted by Crippen LogP contribution is -2.29. The molecule has 0 aromatic carbocycles. The van der Waals surface area contributed by atoms with Crippen LogP contribution in [-0.4, -0.2) is 23.4 Å². The summed E-state index contributed by atoms with van der Waals surface area (Å²) in [6.45, 7) is 3.26. The smallest absolute Gasteiger partial charge is 0.130 e. The third-order valence-corrected chi connectivity index (χ3v) is 4.63. The van der Waals surface area contributed by atoms with Crippen LogP contribution in [0, 0.1) is 12.8 Å². The average Bonchev–Trinajstić information content (AvgIpc) is 2.64. The van der Waals surface area contributed by atoms with Crippen molar-refractivity contribution < 1.29 is 0 Å². The summed E-state index contributed by atoms with van der Waals surface area (Å²) in [5, 5.41) is 5.43. The maximum Gasteiger partial charge on any atom is 0.130 e. The molecular weight excluding hydrogens is 290 g/mol. The first-order valence-electron chi connectivity index (χ1n) is 6.93. The number of hydrogen-bond donors (Lipinski definition) is 0. The van der Waals surface area contributed by atoms with Gasteiger partial charge in [-0.2, -0.15) is 5.10 Å². The zero-order valence-corrected chi connectivity index (χ0v) is 13.3. The summed E-state index contributed by atoms with van der Waals surface area (Å²) in [6.07, 6.45) is 7.04. The standard InChI is InChI=1S/C14H24BrN3/c1-11-13(9-15)14(18(3)16-11)17(2)10-12-7-5-4-6-8-12/h12H,4-10H2,1-3H3. The van der Waals surface area contributed by atoms with E-state index in [4.69, 9.17) is 0 Å². The van der Waals surface area contributed by atoms with Gasteiger partial charge in [0.25, 0.3) is 0 Å². The van der Waals surface area contributed by atoms with Crippen LogP contribution >= 0.6 is 15.9 Å². The van der Waals surface area contributed by atoms with Crippen molar-refractivity contribution in [3.05, 3.63) is 11.3 Å². The second kappa shape index (κ2) is 6.09. The van der Waals surface area contributed by atoms with E-state index >= 15 is 0 Å². The summed E-state index contributed by atoms with van der Waals surface area (Å²) in [5.41, 5.74) is 2.47. The minimum Gasteiger partial charge on any atom is -0.359 e. The van der Waals surface area contributed by atoms with Gasteiger partial charge in [-0.05, 0) is 25.7 Å². The largest absolute Gasteiger partial charge is 0.359 e. The molecule has 102 valence electrons. The molecule has 0 amide bonds. The first-order chi connectivity index (χ1) is 8.63. The van der Waals surface area contributed by atoms with E-state index in [1.807, 2.05) is 11.7 Å². The molecule has 0 unspecified atom stereocenters. The lowest BCUT2D eigenvalue weighted by molar-refractivity contribution is 0.361. The molecule has 1 aromatic heterocycles. The summed E-state index contributed by atoms with van der Waals surface area (Å²) in [5.74, 6) is 2.14. The van der Waals surface area contributed by atoms with Crippen molar-refractivity contribution in [2.45, 2.75) is 44.4 Å². The molecule has 0 atom stereocenters. The minimum absolute atomic E-state index is 0.863. The van der Waals surface area contributed by atoms with Crippen molar-refractivity contribution in [3.63, 3.8) is 0 Å². The predicted molar refractivity (Wildman–Crippen MR) is 80.4 cm³/mol. The third kappa shape index (κ3) is 2.90. The van der Waals surface area contributed by atoms with Crippen molar-refractivity contribution >= 4 is 21.7 Å². The van der Waals surface area contributed by atoms with E-state index in [1.54, 1.807) is 0 Å². The van der Waals surface area contributed by atoms with Crippen molar-refractivity contribution in [2.75, 3.05) is 18.5 Å². The van der Waals surface area contributed by atoms with Gasteiger partial charge in [0.15, 0.2) is 0 Å². The average molecular weight is 314 g/mol. The molecule has 2 rings (SSSR count). The van der Waals surface area contributed by atoms with Crippen LogP contribution in [0.25, 0.3) is 0 Å². The van der Waals surface area contributed by atoms with Crippen molar-refractivity contribution in [3.8, 4) is 0 Å². The molecule has 1 aliphatic carbocycles. The van der Waals surface area contributed by atoms with E-state index in [-0.39, 0.29) is 0 Å². The van der Waals surface area contributed by atoms with E-state index in [1.165, 1.54) is 50.0 Å². The molecule has 0 N–H and O–H groups in total. The highest BCUT2D eigenvalue weighted by Crippen LogP contribution is 2.29. The molecule has 1 aromatic rings. The van der Waals surface area contributed by atoms with Crippen LogP contribution in [0.2, 0.25) is 0 Å². The van der Waals surface area contributed by atoms with Gasteiger partial charge in [-0.25, -0.2) is 0 Å². The maximum atomic E-state index is 4.54. The first-order valence-corrected chi connectivity index (χ1v) is 8.05. The molecule has 0 saturated heterocycles. The molecule has 1 heterocycles. The number of nitrogens with zero attached hydrogens (tertiary/aromatic N) is 3. The second-order valence-corrected chi connectivity index (χ2v) is 6.09. The van der Waals surface area contributed by atoms with Gasteiger partial charge in [-0.3, -0.25) is 4.68 Å². The fraction of sp³-hybridized carbons (Fsp3) is 0.786. The van der Waals surface area contributed by atoms with Crippen LogP contribution in [0.5, 0.6) is 0 Å². The number of hydrogen-bond acceptors (Lipinski definition) is 2. The van der Waals surface area contributed by atoms with Gasteiger partial charge < -0.3 is 4.90 Å². The van der Waals surface area contributed by atoms with Crippen LogP contribution in [0.3, 0.4) is 0 Å². The van der Waals surface area contributed by atoms with Crippen LogP contribution in [-0.2, 0) is 12.4 Å². The van der Waals surface area contributed by atoms with Crippen LogP contribution < -0.4 is 4.90 Å². The van der Waals surface area contributed by atoms with E-state index in [2.05, 4.69) is 39.9 Å². The van der Waals surface area contributed by atoms with E-state index in [0.29, 0.717) is 0 Å². The number of aryl methyl sites for hydroxylation is 2. The van der Waals surface area contributed by atoms with Gasteiger partial charge in [0.1, 0.15) is 5.82 Å². The topological polar surface area (TPSA) is 21.1 Å². The Labute approximate surface area is 119 Å². The monoisotopic (exact) mass is 313 g/mol. The van der Waals surface area contributed by atoms with E-state index in [9.17, 15) is 0 Å². The number of rotatable bonds is 4. The Morgan fingerprint density at radius 1 is 1.33 bits per heavy atom. The van der Waals surface area contributed by atoms with Gasteiger partial charge in [0, 0.05) is 31.5 Å². The molecule has 0 spiro atoms. The van der Waals surface area contributed by atoms with Gasteiger partial charge >= 0.3 is 0 Å². The van der Waals surface area contributed by atoms with Crippen molar-refractivity contribution in [1.29, 1.82) is 0 Å². The summed E-state index contributed by atoms with van der Waals surface area (Å²) in [6, 6.07) is 0. The Balaban J connectivity index is 2.10. The molecule has 4 heteroatoms. The van der Waals surface area contributed by atoms with E-state index < -0.39 is 0 Å². The zero-order chi connectivity index (χ0) is 13.1. The minimum atomic E-state index is 0.863. The Bertz CT molecular complexity index is 394. The number of anilines is 1. The highest BCUT2D eigenvalue weighted by molar-refractivity contribution is 9.08. The molecule has 0 aliphatic heterocycles. The number of alkyl halides is 1.